The van der Waals surface area contributed by atoms with E-state index in [1.807, 2.05) is 61.5 Å². The number of nitrogens with one attached hydrogen (secondary N) is 2. The first-order chi connectivity index (χ1) is 18.8. The molecule has 0 unspecified atom stereocenters. The van der Waals surface area contributed by atoms with Gasteiger partial charge < -0.3 is 14.8 Å². The fourth-order valence-corrected chi connectivity index (χ4v) is 4.50. The number of fused-ring (bicyclic) bond motifs is 1. The third-order valence-corrected chi connectivity index (χ3v) is 6.43. The molecule has 202 valence electrons. The fraction of sp³-hybridized carbons (Fsp3) is 0.300. The molecule has 4 aromatic rings. The van der Waals surface area contributed by atoms with Crippen molar-refractivity contribution in [3.05, 3.63) is 78.1 Å². The third kappa shape index (κ3) is 6.67. The number of amides is 1. The summed E-state index contributed by atoms with van der Waals surface area (Å²) in [5.41, 5.74) is 3.74. The van der Waals surface area contributed by atoms with Crippen molar-refractivity contribution in [2.75, 3.05) is 23.8 Å². The van der Waals surface area contributed by atoms with Crippen molar-refractivity contribution >= 4 is 28.7 Å². The predicted molar refractivity (Wildman–Crippen MR) is 153 cm³/mol. The lowest BCUT2D eigenvalue weighted by molar-refractivity contribution is 0.111. The topological polar surface area (TPSA) is 104 Å². The largest absolute Gasteiger partial charge is 0.457 e. The molecule has 2 aromatic heterocycles. The SMILES string of the molecule is Cc1c(NC(=O)OCCN(C(C)C)C(C)C)cn2ncc(C#N)c(Nc3ccc(Oc4ccccc4)cc3)c12. The molecule has 39 heavy (non-hydrogen) atoms. The normalized spacial score (nSPS) is 11.2. The molecular formula is C30H34N6O3. The average molecular weight is 527 g/mol. The molecule has 0 radical (unpaired) electrons. The Labute approximate surface area is 229 Å². The summed E-state index contributed by atoms with van der Waals surface area (Å²) in [6, 6.07) is 19.9. The Bertz CT molecular complexity index is 1450. The van der Waals surface area contributed by atoms with Gasteiger partial charge in [-0.15, -0.1) is 0 Å². The van der Waals surface area contributed by atoms with Crippen LogP contribution in [0.15, 0.2) is 67.0 Å². The standard InChI is InChI=1S/C30H34N6O3/c1-20(2)35(21(3)4)15-16-38-30(37)34-27-19-36-29(22(27)5)28(23(17-31)18-32-36)33-24-11-13-26(14-12-24)39-25-9-7-6-8-10-25/h6-14,18-21,33H,15-16H2,1-5H3,(H,34,37). The Morgan fingerprint density at radius 3 is 2.36 bits per heavy atom. The van der Waals surface area contributed by atoms with Crippen molar-refractivity contribution in [3.8, 4) is 17.6 Å². The minimum absolute atomic E-state index is 0.280. The minimum Gasteiger partial charge on any atom is -0.457 e. The van der Waals surface area contributed by atoms with Gasteiger partial charge in [0.15, 0.2) is 0 Å². The Balaban J connectivity index is 1.49. The molecule has 0 aliphatic carbocycles. The molecule has 9 heteroatoms. The van der Waals surface area contributed by atoms with Gasteiger partial charge in [-0.25, -0.2) is 9.31 Å². The van der Waals surface area contributed by atoms with Crippen molar-refractivity contribution in [2.45, 2.75) is 46.7 Å². The molecule has 9 nitrogen and oxygen atoms in total. The van der Waals surface area contributed by atoms with Gasteiger partial charge in [-0.1, -0.05) is 18.2 Å². The molecule has 2 aromatic carbocycles. The highest BCUT2D eigenvalue weighted by molar-refractivity contribution is 5.92. The van der Waals surface area contributed by atoms with Gasteiger partial charge in [-0.2, -0.15) is 10.4 Å². The third-order valence-electron chi connectivity index (χ3n) is 6.43. The molecular weight excluding hydrogens is 492 g/mol. The maximum Gasteiger partial charge on any atom is 0.411 e. The van der Waals surface area contributed by atoms with Gasteiger partial charge in [-0.3, -0.25) is 10.2 Å². The van der Waals surface area contributed by atoms with Crippen LogP contribution in [0.4, 0.5) is 21.9 Å². The highest BCUT2D eigenvalue weighted by Crippen LogP contribution is 2.33. The lowest BCUT2D eigenvalue weighted by Gasteiger charge is -2.30. The zero-order valence-electron chi connectivity index (χ0n) is 22.9. The zero-order chi connectivity index (χ0) is 27.9. The number of benzene rings is 2. The van der Waals surface area contributed by atoms with Gasteiger partial charge in [0.05, 0.1) is 34.8 Å². The molecule has 0 spiro atoms. The number of para-hydroxylation sites is 1. The van der Waals surface area contributed by atoms with Crippen LogP contribution >= 0.6 is 0 Å². The van der Waals surface area contributed by atoms with Crippen LogP contribution in [0.2, 0.25) is 0 Å². The van der Waals surface area contributed by atoms with Crippen LogP contribution in [0.3, 0.4) is 0 Å². The molecule has 0 aliphatic rings. The van der Waals surface area contributed by atoms with E-state index in [1.54, 1.807) is 10.7 Å². The van der Waals surface area contributed by atoms with E-state index in [0.29, 0.717) is 46.8 Å². The minimum atomic E-state index is -0.537. The summed E-state index contributed by atoms with van der Waals surface area (Å²) in [7, 11) is 0. The first kappa shape index (κ1) is 27.5. The average Bonchev–Trinajstić information content (AvgIpc) is 3.23. The summed E-state index contributed by atoms with van der Waals surface area (Å²) in [6.45, 7) is 11.3. The second kappa shape index (κ2) is 12.3. The number of nitriles is 1. The van der Waals surface area contributed by atoms with Crippen LogP contribution in [0.5, 0.6) is 11.5 Å². The van der Waals surface area contributed by atoms with Crippen LogP contribution in [0.1, 0.15) is 38.8 Å². The second-order valence-corrected chi connectivity index (χ2v) is 9.76. The number of rotatable bonds is 10. The fourth-order valence-electron chi connectivity index (χ4n) is 4.50. The zero-order valence-corrected chi connectivity index (χ0v) is 22.9. The molecule has 2 heterocycles. The van der Waals surface area contributed by atoms with E-state index >= 15 is 0 Å². The van der Waals surface area contributed by atoms with Crippen molar-refractivity contribution < 1.29 is 14.3 Å². The first-order valence-corrected chi connectivity index (χ1v) is 13.0. The molecule has 0 aliphatic heterocycles. The van der Waals surface area contributed by atoms with Gasteiger partial charge in [0.25, 0.3) is 0 Å². The summed E-state index contributed by atoms with van der Waals surface area (Å²) in [4.78, 5) is 14.8. The number of carbonyl (C=O) groups is 1. The maximum absolute atomic E-state index is 12.6. The van der Waals surface area contributed by atoms with Gasteiger partial charge in [0, 0.05) is 29.9 Å². The molecule has 2 N–H and O–H groups in total. The lowest BCUT2D eigenvalue weighted by atomic mass is 10.1. The number of nitrogens with zero attached hydrogens (tertiary/aromatic N) is 4. The molecule has 0 atom stereocenters. The summed E-state index contributed by atoms with van der Waals surface area (Å²) in [6.07, 6.45) is 2.67. The Hall–Kier alpha value is -4.55. The van der Waals surface area contributed by atoms with Crippen molar-refractivity contribution in [1.82, 2.24) is 14.5 Å². The molecule has 0 saturated heterocycles. The molecule has 0 fully saturated rings. The molecule has 4 rings (SSSR count). The Morgan fingerprint density at radius 1 is 1.05 bits per heavy atom. The number of ether oxygens (including phenoxy) is 2. The van der Waals surface area contributed by atoms with Crippen LogP contribution in [-0.4, -0.2) is 45.8 Å². The van der Waals surface area contributed by atoms with Crippen molar-refractivity contribution in [3.63, 3.8) is 0 Å². The van der Waals surface area contributed by atoms with E-state index in [2.05, 4.69) is 54.4 Å². The summed E-state index contributed by atoms with van der Waals surface area (Å²) >= 11 is 0. The van der Waals surface area contributed by atoms with E-state index in [4.69, 9.17) is 9.47 Å². The second-order valence-electron chi connectivity index (χ2n) is 9.76. The highest BCUT2D eigenvalue weighted by atomic mass is 16.5. The Morgan fingerprint density at radius 2 is 1.72 bits per heavy atom. The number of hydrogen-bond acceptors (Lipinski definition) is 7. The van der Waals surface area contributed by atoms with E-state index in [0.717, 1.165) is 17.0 Å². The summed E-state index contributed by atoms with van der Waals surface area (Å²) < 4.78 is 13.0. The first-order valence-electron chi connectivity index (χ1n) is 13.0. The van der Waals surface area contributed by atoms with Crippen LogP contribution < -0.4 is 15.4 Å². The summed E-state index contributed by atoms with van der Waals surface area (Å²) in [5, 5.41) is 20.3. The van der Waals surface area contributed by atoms with Gasteiger partial charge >= 0.3 is 6.09 Å². The highest BCUT2D eigenvalue weighted by Gasteiger charge is 2.18. The van der Waals surface area contributed by atoms with E-state index in [-0.39, 0.29) is 6.61 Å². The van der Waals surface area contributed by atoms with Crippen LogP contribution in [0.25, 0.3) is 5.52 Å². The van der Waals surface area contributed by atoms with E-state index in [1.165, 1.54) is 6.20 Å². The van der Waals surface area contributed by atoms with E-state index < -0.39 is 6.09 Å². The van der Waals surface area contributed by atoms with E-state index in [9.17, 15) is 10.1 Å². The Kier molecular flexibility index (Phi) is 8.69. The smallest absolute Gasteiger partial charge is 0.411 e. The predicted octanol–water partition coefficient (Wildman–Crippen LogP) is 6.72. The van der Waals surface area contributed by atoms with Gasteiger partial charge in [0.1, 0.15) is 24.2 Å². The van der Waals surface area contributed by atoms with Crippen LogP contribution in [0, 0.1) is 18.3 Å². The quantitative estimate of drug-likeness (QED) is 0.236. The summed E-state index contributed by atoms with van der Waals surface area (Å²) in [5.74, 6) is 1.45. The number of hydrogen-bond donors (Lipinski definition) is 2. The maximum atomic E-state index is 12.6. The monoisotopic (exact) mass is 526 g/mol. The van der Waals surface area contributed by atoms with Crippen molar-refractivity contribution in [2.24, 2.45) is 0 Å². The molecule has 1 amide bonds. The number of aromatic nitrogens is 2. The van der Waals surface area contributed by atoms with Gasteiger partial charge in [-0.05, 0) is 71.0 Å². The number of aryl methyl sites for hydroxylation is 1. The number of anilines is 3. The van der Waals surface area contributed by atoms with Crippen LogP contribution in [-0.2, 0) is 4.74 Å². The molecule has 0 saturated carbocycles. The molecule has 0 bridgehead atoms. The van der Waals surface area contributed by atoms with Gasteiger partial charge in [0.2, 0.25) is 0 Å². The van der Waals surface area contributed by atoms with Crippen molar-refractivity contribution in [1.29, 1.82) is 5.26 Å². The lowest BCUT2D eigenvalue weighted by Crippen LogP contribution is -2.39. The number of carbonyl (C=O) groups excluding carboxylic acids is 1.